The second-order valence-electron chi connectivity index (χ2n) is 6.74. The van der Waals surface area contributed by atoms with Gasteiger partial charge in [-0.05, 0) is 30.2 Å². The van der Waals surface area contributed by atoms with Crippen molar-refractivity contribution in [1.82, 2.24) is 4.57 Å². The summed E-state index contributed by atoms with van der Waals surface area (Å²) in [6.45, 7) is 4.42. The van der Waals surface area contributed by atoms with Crippen LogP contribution in [0.1, 0.15) is 24.2 Å². The van der Waals surface area contributed by atoms with Gasteiger partial charge in [-0.15, -0.1) is 0 Å². The standard InChI is InChI=1S/C21H22N2O4/c1-13(2)12-23-17-10-5-4-9-16(17)19(24)18(21(23)26)20(25)22-14-7-6-8-15(11-14)27-3/h4-11,13,24H,12H2,1-3H3,(H,22,25). The fourth-order valence-electron chi connectivity index (χ4n) is 3.04. The van der Waals surface area contributed by atoms with Gasteiger partial charge in [-0.1, -0.05) is 32.0 Å². The molecule has 3 rings (SSSR count). The molecule has 0 bridgehead atoms. The highest BCUT2D eigenvalue weighted by Crippen LogP contribution is 2.27. The van der Waals surface area contributed by atoms with E-state index in [0.717, 1.165) is 0 Å². The molecule has 1 aromatic heterocycles. The molecule has 1 amide bonds. The summed E-state index contributed by atoms with van der Waals surface area (Å²) >= 11 is 0. The molecule has 0 aliphatic rings. The number of hydrogen-bond donors (Lipinski definition) is 2. The van der Waals surface area contributed by atoms with Gasteiger partial charge in [-0.25, -0.2) is 0 Å². The summed E-state index contributed by atoms with van der Waals surface area (Å²) in [5.74, 6) is -0.192. The molecule has 0 aliphatic carbocycles. The average Bonchev–Trinajstić information content (AvgIpc) is 2.65. The van der Waals surface area contributed by atoms with Crippen molar-refractivity contribution >= 4 is 22.5 Å². The van der Waals surface area contributed by atoms with E-state index in [0.29, 0.717) is 28.9 Å². The van der Waals surface area contributed by atoms with Crippen LogP contribution >= 0.6 is 0 Å². The molecular weight excluding hydrogens is 344 g/mol. The number of carbonyl (C=O) groups excluding carboxylic acids is 1. The van der Waals surface area contributed by atoms with Crippen molar-refractivity contribution < 1.29 is 14.6 Å². The minimum absolute atomic E-state index is 0.199. The van der Waals surface area contributed by atoms with E-state index in [1.807, 2.05) is 13.8 Å². The quantitative estimate of drug-likeness (QED) is 0.723. The Labute approximate surface area is 157 Å². The number of para-hydroxylation sites is 1. The lowest BCUT2D eigenvalue weighted by molar-refractivity contribution is 0.102. The van der Waals surface area contributed by atoms with E-state index >= 15 is 0 Å². The average molecular weight is 366 g/mol. The van der Waals surface area contributed by atoms with Crippen LogP contribution in [0.5, 0.6) is 11.5 Å². The zero-order chi connectivity index (χ0) is 19.6. The van der Waals surface area contributed by atoms with Crippen molar-refractivity contribution in [2.45, 2.75) is 20.4 Å². The van der Waals surface area contributed by atoms with Gasteiger partial charge >= 0.3 is 0 Å². The van der Waals surface area contributed by atoms with Crippen LogP contribution in [0.3, 0.4) is 0 Å². The van der Waals surface area contributed by atoms with Crippen LogP contribution in [-0.2, 0) is 6.54 Å². The third-order valence-electron chi connectivity index (χ3n) is 4.25. The van der Waals surface area contributed by atoms with E-state index in [1.54, 1.807) is 53.1 Å². The lowest BCUT2D eigenvalue weighted by Gasteiger charge is -2.16. The zero-order valence-electron chi connectivity index (χ0n) is 15.5. The first-order valence-electron chi connectivity index (χ1n) is 8.72. The summed E-state index contributed by atoms with van der Waals surface area (Å²) in [5.41, 5.74) is 0.297. The van der Waals surface area contributed by atoms with Gasteiger partial charge in [-0.3, -0.25) is 9.59 Å². The maximum Gasteiger partial charge on any atom is 0.267 e. The number of hydrogen-bond acceptors (Lipinski definition) is 4. The van der Waals surface area contributed by atoms with E-state index in [9.17, 15) is 14.7 Å². The largest absolute Gasteiger partial charge is 0.506 e. The van der Waals surface area contributed by atoms with Crippen LogP contribution in [0.25, 0.3) is 10.9 Å². The van der Waals surface area contributed by atoms with Crippen molar-refractivity contribution in [3.05, 3.63) is 64.4 Å². The maximum absolute atomic E-state index is 13.0. The molecule has 0 radical (unpaired) electrons. The number of ether oxygens (including phenoxy) is 1. The SMILES string of the molecule is COc1cccc(NC(=O)c2c(O)c3ccccc3n(CC(C)C)c2=O)c1. The zero-order valence-corrected chi connectivity index (χ0v) is 15.5. The third-order valence-corrected chi connectivity index (χ3v) is 4.25. The first-order valence-corrected chi connectivity index (χ1v) is 8.72. The molecule has 6 nitrogen and oxygen atoms in total. The molecule has 27 heavy (non-hydrogen) atoms. The van der Waals surface area contributed by atoms with E-state index in [2.05, 4.69) is 5.32 Å². The van der Waals surface area contributed by atoms with E-state index in [-0.39, 0.29) is 17.2 Å². The predicted octanol–water partition coefficient (Wildman–Crippen LogP) is 3.62. The van der Waals surface area contributed by atoms with Crippen LogP contribution < -0.4 is 15.6 Å². The van der Waals surface area contributed by atoms with Gasteiger partial charge in [0, 0.05) is 23.7 Å². The number of benzene rings is 2. The molecule has 0 unspecified atom stereocenters. The highest BCUT2D eigenvalue weighted by molar-refractivity contribution is 6.09. The van der Waals surface area contributed by atoms with Crippen molar-refractivity contribution in [3.63, 3.8) is 0 Å². The molecule has 140 valence electrons. The lowest BCUT2D eigenvalue weighted by atomic mass is 10.1. The smallest absolute Gasteiger partial charge is 0.267 e. The number of nitrogens with one attached hydrogen (secondary N) is 1. The Morgan fingerprint density at radius 1 is 1.19 bits per heavy atom. The molecule has 2 aromatic carbocycles. The lowest BCUT2D eigenvalue weighted by Crippen LogP contribution is -2.31. The van der Waals surface area contributed by atoms with Gasteiger partial charge in [0.25, 0.3) is 11.5 Å². The Morgan fingerprint density at radius 3 is 2.63 bits per heavy atom. The van der Waals surface area contributed by atoms with Gasteiger partial charge < -0.3 is 19.7 Å². The molecule has 0 fully saturated rings. The number of aromatic hydroxyl groups is 1. The number of methoxy groups -OCH3 is 1. The number of carbonyl (C=O) groups is 1. The molecule has 0 atom stereocenters. The number of pyridine rings is 1. The topological polar surface area (TPSA) is 80.6 Å². The van der Waals surface area contributed by atoms with Crippen LogP contribution in [-0.4, -0.2) is 22.7 Å². The first kappa shape index (κ1) is 18.5. The molecule has 6 heteroatoms. The summed E-state index contributed by atoms with van der Waals surface area (Å²) in [5, 5.41) is 13.8. The van der Waals surface area contributed by atoms with Crippen molar-refractivity contribution in [2.75, 3.05) is 12.4 Å². The number of nitrogens with zero attached hydrogens (tertiary/aromatic N) is 1. The van der Waals surface area contributed by atoms with Gasteiger partial charge in [0.05, 0.1) is 12.6 Å². The Kier molecular flexibility index (Phi) is 5.16. The molecule has 1 heterocycles. The van der Waals surface area contributed by atoms with Crippen molar-refractivity contribution in [1.29, 1.82) is 0 Å². The summed E-state index contributed by atoms with van der Waals surface area (Å²) in [6.07, 6.45) is 0. The van der Waals surface area contributed by atoms with Crippen LogP contribution in [0.2, 0.25) is 0 Å². The maximum atomic E-state index is 13.0. The third kappa shape index (κ3) is 3.65. The van der Waals surface area contributed by atoms with E-state index in [4.69, 9.17) is 4.74 Å². The molecule has 0 aliphatic heterocycles. The Bertz CT molecular complexity index is 1050. The van der Waals surface area contributed by atoms with Crippen LogP contribution in [0, 0.1) is 5.92 Å². The molecule has 2 N–H and O–H groups in total. The second-order valence-corrected chi connectivity index (χ2v) is 6.74. The number of fused-ring (bicyclic) bond motifs is 1. The summed E-state index contributed by atoms with van der Waals surface area (Å²) in [7, 11) is 1.53. The van der Waals surface area contributed by atoms with Crippen molar-refractivity contribution in [2.24, 2.45) is 5.92 Å². The minimum atomic E-state index is -0.658. The Balaban J connectivity index is 2.12. The fraction of sp³-hybridized carbons (Fsp3) is 0.238. The number of anilines is 1. The number of rotatable bonds is 5. The predicted molar refractivity (Wildman–Crippen MR) is 106 cm³/mol. The highest BCUT2D eigenvalue weighted by atomic mass is 16.5. The molecule has 0 saturated heterocycles. The Morgan fingerprint density at radius 2 is 1.93 bits per heavy atom. The monoisotopic (exact) mass is 366 g/mol. The fourth-order valence-corrected chi connectivity index (χ4v) is 3.04. The summed E-state index contributed by atoms with van der Waals surface area (Å²) < 4.78 is 6.69. The second kappa shape index (κ2) is 7.53. The highest BCUT2D eigenvalue weighted by Gasteiger charge is 2.22. The molecule has 0 spiro atoms. The van der Waals surface area contributed by atoms with Crippen LogP contribution in [0.4, 0.5) is 5.69 Å². The minimum Gasteiger partial charge on any atom is -0.506 e. The van der Waals surface area contributed by atoms with Gasteiger partial charge in [0.15, 0.2) is 0 Å². The van der Waals surface area contributed by atoms with Gasteiger partial charge in [0.1, 0.15) is 17.1 Å². The summed E-state index contributed by atoms with van der Waals surface area (Å²) in [6, 6.07) is 13.8. The Hall–Kier alpha value is -3.28. The van der Waals surface area contributed by atoms with Gasteiger partial charge in [-0.2, -0.15) is 0 Å². The van der Waals surface area contributed by atoms with Gasteiger partial charge in [0.2, 0.25) is 0 Å². The van der Waals surface area contributed by atoms with Crippen molar-refractivity contribution in [3.8, 4) is 11.5 Å². The van der Waals surface area contributed by atoms with E-state index in [1.165, 1.54) is 7.11 Å². The summed E-state index contributed by atoms with van der Waals surface area (Å²) in [4.78, 5) is 25.8. The molecule has 0 saturated carbocycles. The molecular formula is C21H22N2O4. The number of amides is 1. The first-order chi connectivity index (χ1) is 12.9. The normalized spacial score (nSPS) is 11.0. The molecule has 3 aromatic rings. The van der Waals surface area contributed by atoms with E-state index < -0.39 is 11.5 Å². The van der Waals surface area contributed by atoms with Crippen LogP contribution in [0.15, 0.2) is 53.3 Å². The number of aromatic nitrogens is 1.